The normalized spacial score (nSPS) is 15.7. The van der Waals surface area contributed by atoms with Gasteiger partial charge in [0.05, 0.1) is 36.3 Å². The Morgan fingerprint density at radius 3 is 2.81 bits per heavy atom. The van der Waals surface area contributed by atoms with Gasteiger partial charge in [0.25, 0.3) is 0 Å². The Balaban J connectivity index is 2.00. The monoisotopic (exact) mass is 380 g/mol. The zero-order chi connectivity index (χ0) is 19.0. The van der Waals surface area contributed by atoms with Gasteiger partial charge in [-0.1, -0.05) is 6.07 Å². The van der Waals surface area contributed by atoms with E-state index in [-0.39, 0.29) is 5.88 Å². The molecule has 8 heteroatoms. The molecule has 1 aliphatic rings. The maximum Gasteiger partial charge on any atom is 0.244 e. The van der Waals surface area contributed by atoms with Crippen LogP contribution in [0.2, 0.25) is 0 Å². The van der Waals surface area contributed by atoms with E-state index in [0.717, 1.165) is 21.7 Å². The lowest BCUT2D eigenvalue weighted by Crippen LogP contribution is -2.21. The molecular formula is C19H16N4O3S. The van der Waals surface area contributed by atoms with Crippen LogP contribution in [0.5, 0.6) is 17.4 Å². The minimum Gasteiger partial charge on any atom is -0.497 e. The maximum atomic E-state index is 9.80. The average molecular weight is 380 g/mol. The number of H-pyrrole nitrogens is 1. The first-order chi connectivity index (χ1) is 13.2. The summed E-state index contributed by atoms with van der Waals surface area (Å²) in [6, 6.07) is 11.6. The minimum atomic E-state index is -0.500. The molecule has 3 heterocycles. The van der Waals surface area contributed by atoms with Gasteiger partial charge in [0.1, 0.15) is 23.1 Å². The van der Waals surface area contributed by atoms with Crippen molar-refractivity contribution < 1.29 is 14.2 Å². The number of aromatic nitrogens is 2. The van der Waals surface area contributed by atoms with Crippen molar-refractivity contribution in [3.63, 3.8) is 0 Å². The number of nitrogens with zero attached hydrogens (tertiary/aromatic N) is 2. The summed E-state index contributed by atoms with van der Waals surface area (Å²) in [5.74, 6) is 1.15. The van der Waals surface area contributed by atoms with Crippen molar-refractivity contribution >= 4 is 11.3 Å². The molecule has 0 unspecified atom stereocenters. The van der Waals surface area contributed by atoms with Crippen LogP contribution < -0.4 is 19.9 Å². The largest absolute Gasteiger partial charge is 0.497 e. The maximum absolute atomic E-state index is 9.80. The van der Waals surface area contributed by atoms with Gasteiger partial charge in [0.2, 0.25) is 11.8 Å². The number of hydrogen-bond acceptors (Lipinski definition) is 7. The Hall–Kier alpha value is -3.44. The van der Waals surface area contributed by atoms with Gasteiger partial charge in [-0.05, 0) is 29.6 Å². The van der Waals surface area contributed by atoms with Crippen molar-refractivity contribution in [2.75, 3.05) is 14.2 Å². The van der Waals surface area contributed by atoms with Crippen molar-refractivity contribution in [3.8, 4) is 34.0 Å². The molecule has 3 N–H and O–H groups in total. The van der Waals surface area contributed by atoms with E-state index < -0.39 is 5.92 Å². The van der Waals surface area contributed by atoms with E-state index in [1.807, 2.05) is 23.6 Å². The standard InChI is InChI=1S/C19H16N4O3S/c1-24-10-5-6-13(25-2)11(8-10)15-12(9-20)18(21)26-19-16(15)17(22-23-19)14-4-3-7-27-14/h3-8,15H,21H2,1-2H3,(H,22,23)/t15-/m1/s1. The van der Waals surface area contributed by atoms with Gasteiger partial charge in [-0.2, -0.15) is 5.26 Å². The first-order valence-electron chi connectivity index (χ1n) is 8.09. The average Bonchev–Trinajstić information content (AvgIpc) is 3.35. The fourth-order valence-electron chi connectivity index (χ4n) is 3.23. The third-order valence-electron chi connectivity index (χ3n) is 4.45. The number of aromatic amines is 1. The summed E-state index contributed by atoms with van der Waals surface area (Å²) in [5.41, 5.74) is 8.62. The second-order valence-corrected chi connectivity index (χ2v) is 6.78. The first kappa shape index (κ1) is 17.0. The molecule has 2 aromatic heterocycles. The minimum absolute atomic E-state index is 0.0316. The van der Waals surface area contributed by atoms with E-state index in [9.17, 15) is 5.26 Å². The van der Waals surface area contributed by atoms with Crippen LogP contribution in [0.1, 0.15) is 17.0 Å². The molecule has 0 saturated carbocycles. The molecule has 0 fully saturated rings. The van der Waals surface area contributed by atoms with Crippen molar-refractivity contribution in [1.29, 1.82) is 5.26 Å². The lowest BCUT2D eigenvalue weighted by molar-refractivity contribution is 0.373. The Labute approximate surface area is 159 Å². The van der Waals surface area contributed by atoms with Crippen molar-refractivity contribution in [2.45, 2.75) is 5.92 Å². The fourth-order valence-corrected chi connectivity index (χ4v) is 3.96. The molecule has 7 nitrogen and oxygen atoms in total. The van der Waals surface area contributed by atoms with Crippen LogP contribution >= 0.6 is 11.3 Å². The Kier molecular flexibility index (Phi) is 4.22. The van der Waals surface area contributed by atoms with Gasteiger partial charge in [-0.25, -0.2) is 0 Å². The van der Waals surface area contributed by atoms with Gasteiger partial charge in [0, 0.05) is 5.56 Å². The second kappa shape index (κ2) is 6.70. The van der Waals surface area contributed by atoms with E-state index in [4.69, 9.17) is 19.9 Å². The van der Waals surface area contributed by atoms with E-state index in [0.29, 0.717) is 23.0 Å². The number of fused-ring (bicyclic) bond motifs is 1. The molecule has 0 spiro atoms. The van der Waals surface area contributed by atoms with Crippen LogP contribution in [0, 0.1) is 11.3 Å². The van der Waals surface area contributed by atoms with Gasteiger partial charge in [-0.15, -0.1) is 16.4 Å². The zero-order valence-electron chi connectivity index (χ0n) is 14.6. The smallest absolute Gasteiger partial charge is 0.244 e. The molecule has 1 aliphatic heterocycles. The van der Waals surface area contributed by atoms with Gasteiger partial charge in [-0.3, -0.25) is 5.10 Å². The topological polar surface area (TPSA) is 106 Å². The van der Waals surface area contributed by atoms with Crippen LogP contribution in [0.3, 0.4) is 0 Å². The summed E-state index contributed by atoms with van der Waals surface area (Å²) in [4.78, 5) is 0.983. The molecule has 0 aliphatic carbocycles. The molecule has 1 atom stereocenters. The molecule has 0 bridgehead atoms. The molecule has 27 heavy (non-hydrogen) atoms. The van der Waals surface area contributed by atoms with Crippen LogP contribution in [0.25, 0.3) is 10.6 Å². The SMILES string of the molecule is COc1ccc(OC)c([C@@H]2C(C#N)=C(N)Oc3n[nH]c(-c4cccs4)c32)c1. The van der Waals surface area contributed by atoms with Gasteiger partial charge >= 0.3 is 0 Å². The van der Waals surface area contributed by atoms with E-state index >= 15 is 0 Å². The third kappa shape index (κ3) is 2.69. The number of methoxy groups -OCH3 is 2. The van der Waals surface area contributed by atoms with Crippen LogP contribution in [-0.2, 0) is 0 Å². The first-order valence-corrected chi connectivity index (χ1v) is 8.97. The molecule has 4 rings (SSSR count). The number of nitriles is 1. The highest BCUT2D eigenvalue weighted by molar-refractivity contribution is 7.13. The van der Waals surface area contributed by atoms with Crippen LogP contribution in [0.15, 0.2) is 47.2 Å². The highest BCUT2D eigenvalue weighted by atomic mass is 32.1. The van der Waals surface area contributed by atoms with Crippen LogP contribution in [0.4, 0.5) is 0 Å². The quantitative estimate of drug-likeness (QED) is 0.719. The molecule has 136 valence electrons. The summed E-state index contributed by atoms with van der Waals surface area (Å²) >= 11 is 1.56. The Morgan fingerprint density at radius 2 is 2.15 bits per heavy atom. The van der Waals surface area contributed by atoms with E-state index in [2.05, 4.69) is 16.3 Å². The predicted molar refractivity (Wildman–Crippen MR) is 101 cm³/mol. The summed E-state index contributed by atoms with van der Waals surface area (Å²) in [6.45, 7) is 0. The lowest BCUT2D eigenvalue weighted by atomic mass is 9.83. The second-order valence-electron chi connectivity index (χ2n) is 5.83. The number of ether oxygens (including phenoxy) is 3. The van der Waals surface area contributed by atoms with Gasteiger partial charge < -0.3 is 19.9 Å². The molecule has 3 aromatic rings. The van der Waals surface area contributed by atoms with Crippen molar-refractivity contribution in [2.24, 2.45) is 5.73 Å². The zero-order valence-corrected chi connectivity index (χ0v) is 15.5. The molecule has 1 aromatic carbocycles. The molecule has 0 amide bonds. The highest BCUT2D eigenvalue weighted by Crippen LogP contribution is 2.49. The number of thiophene rings is 1. The number of rotatable bonds is 4. The predicted octanol–water partition coefficient (Wildman–Crippen LogP) is 3.37. The molecular weight excluding hydrogens is 364 g/mol. The lowest BCUT2D eigenvalue weighted by Gasteiger charge is -2.25. The number of nitrogens with two attached hydrogens (primary N) is 1. The van der Waals surface area contributed by atoms with Gasteiger partial charge in [0.15, 0.2) is 0 Å². The fraction of sp³-hybridized carbons (Fsp3) is 0.158. The summed E-state index contributed by atoms with van der Waals surface area (Å²) < 4.78 is 16.5. The summed E-state index contributed by atoms with van der Waals surface area (Å²) in [7, 11) is 3.17. The number of hydrogen-bond donors (Lipinski definition) is 2. The van der Waals surface area contributed by atoms with E-state index in [1.54, 1.807) is 37.7 Å². The number of benzene rings is 1. The highest BCUT2D eigenvalue weighted by Gasteiger charge is 2.37. The Bertz CT molecular complexity index is 1060. The third-order valence-corrected chi connectivity index (χ3v) is 5.34. The van der Waals surface area contributed by atoms with E-state index in [1.165, 1.54) is 0 Å². The number of allylic oxidation sites excluding steroid dienone is 1. The summed E-state index contributed by atoms with van der Waals surface area (Å²) in [5, 5.41) is 19.1. The van der Waals surface area contributed by atoms with Crippen molar-refractivity contribution in [1.82, 2.24) is 10.2 Å². The summed E-state index contributed by atoms with van der Waals surface area (Å²) in [6.07, 6.45) is 0. The molecule has 0 radical (unpaired) electrons. The van der Waals surface area contributed by atoms with Crippen molar-refractivity contribution in [3.05, 3.63) is 58.3 Å². The van der Waals surface area contributed by atoms with Crippen LogP contribution in [-0.4, -0.2) is 24.4 Å². The number of nitrogens with one attached hydrogen (secondary N) is 1. The molecule has 0 saturated heterocycles. The Morgan fingerprint density at radius 1 is 1.30 bits per heavy atom.